The number of benzene rings is 1. The molecule has 0 amide bonds. The van der Waals surface area contributed by atoms with E-state index in [0.717, 1.165) is 11.3 Å². The van der Waals surface area contributed by atoms with Crippen molar-refractivity contribution in [2.24, 2.45) is 0 Å². The molecule has 0 saturated carbocycles. The van der Waals surface area contributed by atoms with E-state index >= 15 is 0 Å². The Balaban J connectivity index is 2.18. The van der Waals surface area contributed by atoms with Crippen molar-refractivity contribution in [3.8, 4) is 11.3 Å². The molecule has 6 heteroatoms. The van der Waals surface area contributed by atoms with Gasteiger partial charge in [0.1, 0.15) is 0 Å². The number of aromatic amines is 1. The van der Waals surface area contributed by atoms with Crippen molar-refractivity contribution < 1.29 is 8.83 Å². The Morgan fingerprint density at radius 3 is 2.89 bits per heavy atom. The molecule has 0 saturated heterocycles. The topological polar surface area (TPSA) is 84.1 Å². The fourth-order valence-electron chi connectivity index (χ4n) is 1.86. The van der Waals surface area contributed by atoms with Gasteiger partial charge in [0.05, 0.1) is 11.2 Å². The summed E-state index contributed by atoms with van der Waals surface area (Å²) in [5.74, 6) is 0.204. The van der Waals surface area contributed by atoms with Crippen molar-refractivity contribution in [2.75, 3.05) is 12.4 Å². The molecule has 0 fully saturated rings. The molecule has 2 N–H and O–H groups in total. The molecule has 92 valence electrons. The van der Waals surface area contributed by atoms with Crippen LogP contribution in [0.5, 0.6) is 0 Å². The minimum atomic E-state index is -0.465. The Labute approximate surface area is 102 Å². The van der Waals surface area contributed by atoms with Crippen molar-refractivity contribution in [2.45, 2.75) is 6.92 Å². The zero-order chi connectivity index (χ0) is 12.7. The van der Waals surface area contributed by atoms with Gasteiger partial charge < -0.3 is 14.2 Å². The lowest BCUT2D eigenvalue weighted by Crippen LogP contribution is -1.92. The Morgan fingerprint density at radius 1 is 1.33 bits per heavy atom. The summed E-state index contributed by atoms with van der Waals surface area (Å²) < 4.78 is 10.5. The Bertz CT molecular complexity index is 766. The number of anilines is 1. The molecule has 3 aromatic rings. The first-order valence-electron chi connectivity index (χ1n) is 5.46. The van der Waals surface area contributed by atoms with E-state index in [9.17, 15) is 4.79 Å². The summed E-state index contributed by atoms with van der Waals surface area (Å²) in [5.41, 5.74) is 2.78. The van der Waals surface area contributed by atoms with Gasteiger partial charge in [-0.2, -0.15) is 4.98 Å². The Kier molecular flexibility index (Phi) is 2.22. The maximum atomic E-state index is 11.1. The van der Waals surface area contributed by atoms with Crippen molar-refractivity contribution in [1.82, 2.24) is 9.97 Å². The molecule has 2 aromatic heterocycles. The highest BCUT2D eigenvalue weighted by molar-refractivity contribution is 5.79. The molecule has 0 unspecified atom stereocenters. The maximum absolute atomic E-state index is 11.1. The second-order valence-corrected chi connectivity index (χ2v) is 3.91. The van der Waals surface area contributed by atoms with Gasteiger partial charge in [-0.3, -0.25) is 4.98 Å². The van der Waals surface area contributed by atoms with E-state index < -0.39 is 5.76 Å². The lowest BCUT2D eigenvalue weighted by Gasteiger charge is -1.97. The lowest BCUT2D eigenvalue weighted by atomic mass is 10.1. The van der Waals surface area contributed by atoms with Crippen molar-refractivity contribution in [1.29, 1.82) is 0 Å². The van der Waals surface area contributed by atoms with Crippen LogP contribution in [0.25, 0.3) is 22.4 Å². The minimum Gasteiger partial charge on any atom is -0.423 e. The van der Waals surface area contributed by atoms with E-state index in [4.69, 9.17) is 8.83 Å². The lowest BCUT2D eigenvalue weighted by molar-refractivity contribution is 0.555. The molecular weight excluding hydrogens is 234 g/mol. The summed E-state index contributed by atoms with van der Waals surface area (Å²) in [7, 11) is 1.74. The third-order valence-electron chi connectivity index (χ3n) is 2.69. The zero-order valence-electron chi connectivity index (χ0n) is 9.90. The van der Waals surface area contributed by atoms with Gasteiger partial charge in [-0.15, -0.1) is 0 Å². The van der Waals surface area contributed by atoms with Crippen LogP contribution in [0.1, 0.15) is 5.69 Å². The van der Waals surface area contributed by atoms with Gasteiger partial charge in [-0.1, -0.05) is 0 Å². The molecule has 0 aliphatic heterocycles. The summed E-state index contributed by atoms with van der Waals surface area (Å²) in [4.78, 5) is 17.9. The van der Waals surface area contributed by atoms with Crippen LogP contribution < -0.4 is 11.1 Å². The number of aryl methyl sites for hydroxylation is 1. The van der Waals surface area contributed by atoms with Gasteiger partial charge in [0, 0.05) is 12.6 Å². The summed E-state index contributed by atoms with van der Waals surface area (Å²) in [6.45, 7) is 1.86. The van der Waals surface area contributed by atoms with Crippen LogP contribution in [0, 0.1) is 6.92 Å². The normalized spacial score (nSPS) is 11.0. The van der Waals surface area contributed by atoms with E-state index in [1.165, 1.54) is 0 Å². The molecule has 2 heterocycles. The summed E-state index contributed by atoms with van der Waals surface area (Å²) >= 11 is 0. The van der Waals surface area contributed by atoms with Crippen molar-refractivity contribution in [3.63, 3.8) is 0 Å². The van der Waals surface area contributed by atoms with Crippen LogP contribution in [0.2, 0.25) is 0 Å². The third kappa shape index (κ3) is 1.58. The van der Waals surface area contributed by atoms with E-state index in [1.54, 1.807) is 19.2 Å². The molecule has 0 spiro atoms. The monoisotopic (exact) mass is 245 g/mol. The van der Waals surface area contributed by atoms with E-state index in [-0.39, 0.29) is 0 Å². The molecule has 0 aliphatic carbocycles. The standard InChI is InChI=1S/C12H11N3O3/c1-6-10(18-11(13-2)14-6)7-3-4-9-8(5-7)15-12(16)17-9/h3-5H,1-2H3,(H,13,14)(H,15,16). The fourth-order valence-corrected chi connectivity index (χ4v) is 1.86. The molecule has 18 heavy (non-hydrogen) atoms. The average molecular weight is 245 g/mol. The number of nitrogens with zero attached hydrogens (tertiary/aromatic N) is 1. The average Bonchev–Trinajstić information content (AvgIpc) is 2.89. The molecule has 0 radical (unpaired) electrons. The second-order valence-electron chi connectivity index (χ2n) is 3.91. The van der Waals surface area contributed by atoms with Crippen LogP contribution >= 0.6 is 0 Å². The van der Waals surface area contributed by atoms with E-state index in [1.807, 2.05) is 13.0 Å². The van der Waals surface area contributed by atoms with Gasteiger partial charge in [-0.05, 0) is 25.1 Å². The van der Waals surface area contributed by atoms with Crippen LogP contribution in [0.3, 0.4) is 0 Å². The molecular formula is C12H11N3O3. The summed E-state index contributed by atoms with van der Waals surface area (Å²) in [6, 6.07) is 5.81. The van der Waals surface area contributed by atoms with Gasteiger partial charge in [0.2, 0.25) is 0 Å². The van der Waals surface area contributed by atoms with E-state index in [2.05, 4.69) is 15.3 Å². The third-order valence-corrected chi connectivity index (χ3v) is 2.69. The molecule has 0 atom stereocenters. The predicted octanol–water partition coefficient (Wildman–Crippen LogP) is 2.13. The first-order chi connectivity index (χ1) is 8.67. The number of oxazole rings is 2. The van der Waals surface area contributed by atoms with E-state index in [0.29, 0.717) is 22.9 Å². The molecule has 0 bridgehead atoms. The van der Waals surface area contributed by atoms with Gasteiger partial charge in [0.25, 0.3) is 6.01 Å². The Hall–Kier alpha value is -2.50. The van der Waals surface area contributed by atoms with Gasteiger partial charge in [-0.25, -0.2) is 4.79 Å². The molecule has 1 aromatic carbocycles. The first-order valence-corrected chi connectivity index (χ1v) is 5.46. The number of H-pyrrole nitrogens is 1. The van der Waals surface area contributed by atoms with Gasteiger partial charge in [0.15, 0.2) is 11.3 Å². The zero-order valence-corrected chi connectivity index (χ0v) is 9.90. The highest BCUT2D eigenvalue weighted by Crippen LogP contribution is 2.28. The van der Waals surface area contributed by atoms with Gasteiger partial charge >= 0.3 is 5.76 Å². The van der Waals surface area contributed by atoms with Crippen LogP contribution in [-0.4, -0.2) is 17.0 Å². The highest BCUT2D eigenvalue weighted by atomic mass is 16.4. The van der Waals surface area contributed by atoms with Crippen molar-refractivity contribution >= 4 is 17.1 Å². The predicted molar refractivity (Wildman–Crippen MR) is 66.6 cm³/mol. The number of rotatable bonds is 2. The fraction of sp³-hybridized carbons (Fsp3) is 0.167. The number of nitrogens with one attached hydrogen (secondary N) is 2. The number of hydrogen-bond acceptors (Lipinski definition) is 5. The van der Waals surface area contributed by atoms with Crippen LogP contribution in [-0.2, 0) is 0 Å². The number of aromatic nitrogens is 2. The SMILES string of the molecule is CNc1nc(C)c(-c2ccc3oc(=O)[nH]c3c2)o1. The van der Waals surface area contributed by atoms with Crippen LogP contribution in [0.15, 0.2) is 31.8 Å². The smallest absolute Gasteiger partial charge is 0.417 e. The number of hydrogen-bond donors (Lipinski definition) is 2. The minimum absolute atomic E-state index is 0.461. The largest absolute Gasteiger partial charge is 0.423 e. The highest BCUT2D eigenvalue weighted by Gasteiger charge is 2.12. The quantitative estimate of drug-likeness (QED) is 0.722. The molecule has 3 rings (SSSR count). The Morgan fingerprint density at radius 2 is 2.17 bits per heavy atom. The second kappa shape index (κ2) is 3.76. The summed E-state index contributed by atoms with van der Waals surface area (Å²) in [5, 5.41) is 2.85. The first kappa shape index (κ1) is 10.6. The molecule has 6 nitrogen and oxygen atoms in total. The molecule has 0 aliphatic rings. The maximum Gasteiger partial charge on any atom is 0.417 e. The van der Waals surface area contributed by atoms with Crippen LogP contribution in [0.4, 0.5) is 6.01 Å². The number of fused-ring (bicyclic) bond motifs is 1. The summed E-state index contributed by atoms with van der Waals surface area (Å²) in [6.07, 6.45) is 0. The van der Waals surface area contributed by atoms with Crippen molar-refractivity contribution in [3.05, 3.63) is 34.4 Å².